The molecule has 11 heteroatoms. The molecule has 150 valence electrons. The van der Waals surface area contributed by atoms with Crippen LogP contribution in [-0.2, 0) is 33.4 Å². The van der Waals surface area contributed by atoms with E-state index in [9.17, 15) is 24.0 Å². The van der Waals surface area contributed by atoms with Gasteiger partial charge in [0.2, 0.25) is 11.8 Å². The maximum atomic E-state index is 12.0. The summed E-state index contributed by atoms with van der Waals surface area (Å²) in [6, 6.07) is -0.796. The second kappa shape index (κ2) is 14.6. The lowest BCUT2D eigenvalue weighted by molar-refractivity contribution is -0.146. The lowest BCUT2D eigenvalue weighted by Gasteiger charge is -2.18. The van der Waals surface area contributed by atoms with Crippen LogP contribution in [0.2, 0.25) is 0 Å². The molecule has 0 aromatic rings. The van der Waals surface area contributed by atoms with Gasteiger partial charge in [0.25, 0.3) is 5.91 Å². The van der Waals surface area contributed by atoms with Crippen molar-refractivity contribution in [2.75, 3.05) is 26.7 Å². The number of ether oxygens (including phenoxy) is 2. The van der Waals surface area contributed by atoms with Gasteiger partial charge in [0.1, 0.15) is 6.04 Å². The first-order valence-electron chi connectivity index (χ1n) is 8.54. The second-order valence-electron chi connectivity index (χ2n) is 5.57. The van der Waals surface area contributed by atoms with Gasteiger partial charge < -0.3 is 25.4 Å². The van der Waals surface area contributed by atoms with Crippen molar-refractivity contribution in [2.45, 2.75) is 45.1 Å². The molecule has 0 spiro atoms. The predicted molar refractivity (Wildman–Crippen MR) is 95.4 cm³/mol. The number of hydrogen-bond donors (Lipinski definition) is 3. The van der Waals surface area contributed by atoms with E-state index in [-0.39, 0.29) is 25.9 Å². The first kappa shape index (κ1) is 24.4. The zero-order chi connectivity index (χ0) is 20.7. The number of nitrogens with one attached hydrogen (secondary N) is 3. The largest absolute Gasteiger partial charge is 0.469 e. The average molecular weight is 383 g/mol. The zero-order valence-corrected chi connectivity index (χ0v) is 15.7. The number of methoxy groups -OCH3 is 1. The van der Waals surface area contributed by atoms with E-state index in [0.717, 1.165) is 0 Å². The van der Waals surface area contributed by atoms with Crippen LogP contribution in [0.4, 0.5) is 0 Å². The fraction of sp³-hybridized carbons (Fsp3) is 0.688. The van der Waals surface area contributed by atoms with Gasteiger partial charge in [-0.2, -0.15) is 0 Å². The van der Waals surface area contributed by atoms with Gasteiger partial charge in [0, 0.05) is 19.9 Å². The highest BCUT2D eigenvalue weighted by Gasteiger charge is 2.20. The van der Waals surface area contributed by atoms with Crippen LogP contribution in [0.25, 0.3) is 0 Å². The minimum atomic E-state index is -0.796. The molecule has 0 fully saturated rings. The van der Waals surface area contributed by atoms with Crippen molar-refractivity contribution in [3.63, 3.8) is 0 Å². The van der Waals surface area contributed by atoms with Crippen molar-refractivity contribution in [3.8, 4) is 0 Å². The summed E-state index contributed by atoms with van der Waals surface area (Å²) in [5, 5.41) is 7.55. The molecule has 1 unspecified atom stereocenters. The monoisotopic (exact) mass is 383 g/mol. The summed E-state index contributed by atoms with van der Waals surface area (Å²) in [5.41, 5.74) is 0. The number of carbonyl (C=O) groups is 5. The number of hydrogen-bond acceptors (Lipinski definition) is 7. The summed E-state index contributed by atoms with van der Waals surface area (Å²) in [4.78, 5) is 56.9. The van der Waals surface area contributed by atoms with E-state index in [2.05, 4.69) is 25.4 Å². The molecule has 0 aliphatic rings. The molecule has 0 heterocycles. The van der Waals surface area contributed by atoms with Crippen molar-refractivity contribution in [3.05, 3.63) is 0 Å². The Morgan fingerprint density at radius 3 is 2.30 bits per heavy atom. The fourth-order valence-electron chi connectivity index (χ4n) is 2.00. The summed E-state index contributed by atoms with van der Waals surface area (Å²) >= 11 is 0. The van der Waals surface area contributed by atoms with Crippen LogP contribution in [0.15, 0.2) is 0 Å². The Kier molecular flexibility index (Phi) is 13.2. The molecule has 0 bridgehead atoms. The predicted octanol–water partition coefficient (Wildman–Crippen LogP) is -1.48. The van der Waals surface area contributed by atoms with Gasteiger partial charge in [0.15, 0.2) is 6.61 Å². The summed E-state index contributed by atoms with van der Waals surface area (Å²) in [7, 11) is 6.51. The highest BCUT2D eigenvalue weighted by Crippen LogP contribution is 2.03. The molecule has 0 rings (SSSR count). The lowest BCUT2D eigenvalue weighted by Crippen LogP contribution is -2.47. The number of unbranched alkanes of at least 4 members (excludes halogenated alkanes) is 1. The van der Waals surface area contributed by atoms with Gasteiger partial charge in [-0.25, -0.2) is 0 Å². The summed E-state index contributed by atoms with van der Waals surface area (Å²) < 4.78 is 9.01. The molecule has 2 radical (unpaired) electrons. The van der Waals surface area contributed by atoms with Crippen LogP contribution in [0.3, 0.4) is 0 Å². The highest BCUT2D eigenvalue weighted by atomic mass is 16.5. The fourth-order valence-corrected chi connectivity index (χ4v) is 2.00. The standard InChI is InChI=1S/C16H26BN3O7/c1-11(21)27-9-14(23)18-8-4-3-5-12(16(25)19-10-17)20-13(22)6-7-15(24)26-2/h12H,3-10H2,1-2H3,(H,18,23)(H,19,25)(H,20,22). The van der Waals surface area contributed by atoms with Gasteiger partial charge in [-0.1, -0.05) is 0 Å². The molecule has 10 nitrogen and oxygen atoms in total. The molecule has 0 aromatic carbocycles. The first-order valence-corrected chi connectivity index (χ1v) is 8.54. The Hall–Kier alpha value is -2.59. The summed E-state index contributed by atoms with van der Waals surface area (Å²) in [6.07, 6.45) is 1.17. The van der Waals surface area contributed by atoms with Crippen LogP contribution < -0.4 is 16.0 Å². The van der Waals surface area contributed by atoms with Crippen molar-refractivity contribution in [2.24, 2.45) is 0 Å². The van der Waals surface area contributed by atoms with Gasteiger partial charge in [-0.15, -0.1) is 0 Å². The van der Waals surface area contributed by atoms with E-state index in [1.165, 1.54) is 14.0 Å². The molecule has 3 amide bonds. The Bertz CT molecular complexity index is 528. The minimum Gasteiger partial charge on any atom is -0.469 e. The van der Waals surface area contributed by atoms with Gasteiger partial charge in [-0.3, -0.25) is 24.0 Å². The van der Waals surface area contributed by atoms with Gasteiger partial charge in [0.05, 0.1) is 21.4 Å². The van der Waals surface area contributed by atoms with Crippen LogP contribution in [0.5, 0.6) is 0 Å². The normalized spacial score (nSPS) is 11.0. The van der Waals surface area contributed by atoms with Crippen molar-refractivity contribution in [1.29, 1.82) is 0 Å². The number of carbonyl (C=O) groups excluding carboxylic acids is 5. The molecule has 0 aromatic heterocycles. The van der Waals surface area contributed by atoms with E-state index in [0.29, 0.717) is 25.8 Å². The number of rotatable bonds is 13. The molecule has 3 N–H and O–H groups in total. The molecular formula is C16H26BN3O7. The number of esters is 2. The Labute approximate surface area is 159 Å². The third-order valence-corrected chi connectivity index (χ3v) is 3.36. The molecule has 0 aliphatic carbocycles. The SMILES string of the molecule is [B]CNC(=O)C(CCCCNC(=O)COC(C)=O)NC(=O)CCC(=O)OC. The molecule has 0 aliphatic heterocycles. The molecule has 0 saturated heterocycles. The van der Waals surface area contributed by atoms with Gasteiger partial charge >= 0.3 is 11.9 Å². The van der Waals surface area contributed by atoms with Crippen molar-refractivity contribution in [1.82, 2.24) is 16.0 Å². The van der Waals surface area contributed by atoms with Crippen LogP contribution in [-0.4, -0.2) is 70.3 Å². The van der Waals surface area contributed by atoms with Crippen LogP contribution >= 0.6 is 0 Å². The van der Waals surface area contributed by atoms with E-state index >= 15 is 0 Å². The van der Waals surface area contributed by atoms with E-state index < -0.39 is 35.7 Å². The number of amides is 3. The molecule has 27 heavy (non-hydrogen) atoms. The zero-order valence-electron chi connectivity index (χ0n) is 15.7. The summed E-state index contributed by atoms with van der Waals surface area (Å²) in [5.74, 6) is -2.35. The Morgan fingerprint density at radius 2 is 1.70 bits per heavy atom. The average Bonchev–Trinajstić information content (AvgIpc) is 2.63. The van der Waals surface area contributed by atoms with Crippen molar-refractivity contribution >= 4 is 37.5 Å². The minimum absolute atomic E-state index is 0.0699. The summed E-state index contributed by atoms with van der Waals surface area (Å²) in [6.45, 7) is 1.20. The maximum absolute atomic E-state index is 12.0. The lowest BCUT2D eigenvalue weighted by atomic mass is 10.1. The van der Waals surface area contributed by atoms with Gasteiger partial charge in [-0.05, 0) is 25.7 Å². The molecule has 1 atom stereocenters. The molecule has 0 saturated carbocycles. The van der Waals surface area contributed by atoms with E-state index in [1.807, 2.05) is 0 Å². The Balaban J connectivity index is 4.24. The van der Waals surface area contributed by atoms with E-state index in [4.69, 9.17) is 7.85 Å². The van der Waals surface area contributed by atoms with E-state index in [1.54, 1.807) is 0 Å². The smallest absolute Gasteiger partial charge is 0.306 e. The Morgan fingerprint density at radius 1 is 1.00 bits per heavy atom. The topological polar surface area (TPSA) is 140 Å². The van der Waals surface area contributed by atoms with Crippen LogP contribution in [0.1, 0.15) is 39.0 Å². The van der Waals surface area contributed by atoms with Crippen molar-refractivity contribution < 1.29 is 33.4 Å². The second-order valence-corrected chi connectivity index (χ2v) is 5.57. The first-order chi connectivity index (χ1) is 12.8. The maximum Gasteiger partial charge on any atom is 0.306 e. The highest BCUT2D eigenvalue weighted by molar-refractivity contribution is 6.10. The quantitative estimate of drug-likeness (QED) is 0.200. The van der Waals surface area contributed by atoms with Crippen LogP contribution in [0, 0.1) is 0 Å². The molecular weight excluding hydrogens is 357 g/mol. The third-order valence-electron chi connectivity index (χ3n) is 3.36. The third kappa shape index (κ3) is 13.3.